The van der Waals surface area contributed by atoms with E-state index >= 15 is 0 Å². The number of benzene rings is 2. The summed E-state index contributed by atoms with van der Waals surface area (Å²) < 4.78 is 0. The molecule has 2 aliphatic rings. The minimum absolute atomic E-state index is 0.135. The van der Waals surface area contributed by atoms with E-state index in [2.05, 4.69) is 0 Å². The predicted molar refractivity (Wildman–Crippen MR) is 101 cm³/mol. The molecule has 2 heterocycles. The predicted octanol–water partition coefficient (Wildman–Crippen LogP) is 4.07. The zero-order chi connectivity index (χ0) is 16.8. The van der Waals surface area contributed by atoms with Crippen LogP contribution in [-0.4, -0.2) is 23.2 Å². The van der Waals surface area contributed by atoms with Gasteiger partial charge in [-0.15, -0.1) is 0 Å². The first-order valence-electron chi connectivity index (χ1n) is 7.32. The molecule has 0 spiro atoms. The van der Waals surface area contributed by atoms with E-state index in [0.717, 1.165) is 23.0 Å². The van der Waals surface area contributed by atoms with E-state index in [4.69, 9.17) is 12.2 Å². The van der Waals surface area contributed by atoms with Gasteiger partial charge in [0.25, 0.3) is 11.1 Å². The van der Waals surface area contributed by atoms with Gasteiger partial charge < -0.3 is 4.90 Å². The Balaban J connectivity index is 1.86. The van der Waals surface area contributed by atoms with Gasteiger partial charge >= 0.3 is 0 Å². The third-order valence-corrected chi connectivity index (χ3v) is 5.54. The molecule has 0 aromatic heterocycles. The number of thiocarbonyl (C=S) groups is 1. The molecule has 4 rings (SSSR count). The van der Waals surface area contributed by atoms with Crippen molar-refractivity contribution in [1.82, 2.24) is 0 Å². The molecular formula is C18H12N2O2S2. The third-order valence-electron chi connectivity index (χ3n) is 4.06. The minimum atomic E-state index is -0.187. The van der Waals surface area contributed by atoms with Crippen molar-refractivity contribution in [3.8, 4) is 0 Å². The molecule has 24 heavy (non-hydrogen) atoms. The smallest absolute Gasteiger partial charge is 0.296 e. The number of amides is 2. The van der Waals surface area contributed by atoms with Crippen molar-refractivity contribution in [2.45, 2.75) is 0 Å². The van der Waals surface area contributed by atoms with E-state index < -0.39 is 0 Å². The highest BCUT2D eigenvalue weighted by atomic mass is 32.2. The van der Waals surface area contributed by atoms with Gasteiger partial charge in [0.2, 0.25) is 0 Å². The number of carbonyl (C=O) groups is 2. The van der Waals surface area contributed by atoms with Crippen molar-refractivity contribution in [3.63, 3.8) is 0 Å². The molecule has 1 fully saturated rings. The fourth-order valence-corrected chi connectivity index (χ4v) is 4.32. The number of anilines is 2. The topological polar surface area (TPSA) is 40.6 Å². The molecule has 2 aromatic carbocycles. The number of nitrogens with zero attached hydrogens (tertiary/aromatic N) is 2. The number of rotatable bonds is 1. The number of likely N-dealkylation sites (N-methyl/N-ethyl adjacent to an activating group) is 1. The number of fused-ring (bicyclic) bond motifs is 1. The Bertz CT molecular complexity index is 922. The third kappa shape index (κ3) is 2.11. The molecule has 0 atom stereocenters. The van der Waals surface area contributed by atoms with Crippen LogP contribution in [0.2, 0.25) is 0 Å². The van der Waals surface area contributed by atoms with Crippen LogP contribution in [0.5, 0.6) is 0 Å². The summed E-state index contributed by atoms with van der Waals surface area (Å²) in [6.07, 6.45) is 0. The van der Waals surface area contributed by atoms with Crippen molar-refractivity contribution >= 4 is 57.1 Å². The highest BCUT2D eigenvalue weighted by Gasteiger charge is 2.40. The normalized spacial score (nSPS) is 20.1. The van der Waals surface area contributed by atoms with Gasteiger partial charge in [-0.05, 0) is 30.0 Å². The molecule has 2 amide bonds. The van der Waals surface area contributed by atoms with Gasteiger partial charge in [0.05, 0.1) is 21.9 Å². The van der Waals surface area contributed by atoms with Gasteiger partial charge in [0.15, 0.2) is 0 Å². The monoisotopic (exact) mass is 352 g/mol. The Morgan fingerprint density at radius 2 is 1.62 bits per heavy atom. The number of carbonyl (C=O) groups excluding carboxylic acids is 2. The SMILES string of the molecule is CN1C(=O)C(=C2SC(=O)N(c3ccccc3)C2=S)c2ccccc21. The summed E-state index contributed by atoms with van der Waals surface area (Å²) in [6, 6.07) is 16.8. The highest BCUT2D eigenvalue weighted by Crippen LogP contribution is 2.45. The van der Waals surface area contributed by atoms with Crippen LogP contribution >= 0.6 is 24.0 Å². The summed E-state index contributed by atoms with van der Waals surface area (Å²) in [5, 5.41) is -0.187. The second kappa shape index (κ2) is 5.58. The lowest BCUT2D eigenvalue weighted by Crippen LogP contribution is -2.27. The molecule has 0 N–H and O–H groups in total. The van der Waals surface area contributed by atoms with Crippen LogP contribution in [0.1, 0.15) is 5.56 Å². The molecule has 0 aliphatic carbocycles. The molecular weight excluding hydrogens is 340 g/mol. The standard InChI is InChI=1S/C18H12N2O2S2/c1-19-13-10-6-5-9-12(13)14(16(19)21)15-17(23)20(18(22)24-15)11-7-3-2-4-8-11/h2-10H,1H3. The lowest BCUT2D eigenvalue weighted by Gasteiger charge is -2.14. The Labute approximate surface area is 148 Å². The van der Waals surface area contributed by atoms with Gasteiger partial charge in [-0.3, -0.25) is 14.5 Å². The maximum Gasteiger partial charge on any atom is 0.296 e. The summed E-state index contributed by atoms with van der Waals surface area (Å²) in [4.78, 5) is 29.2. The molecule has 1 saturated heterocycles. The van der Waals surface area contributed by atoms with Crippen LogP contribution in [0.3, 0.4) is 0 Å². The van der Waals surface area contributed by atoms with Gasteiger partial charge in [-0.2, -0.15) is 0 Å². The molecule has 2 aliphatic heterocycles. The van der Waals surface area contributed by atoms with Crippen LogP contribution in [0.4, 0.5) is 16.2 Å². The summed E-state index contributed by atoms with van der Waals surface area (Å²) >= 11 is 6.56. The first-order chi connectivity index (χ1) is 11.6. The Hall–Kier alpha value is -2.44. The molecule has 0 unspecified atom stereocenters. The molecule has 4 nitrogen and oxygen atoms in total. The molecule has 0 saturated carbocycles. The summed E-state index contributed by atoms with van der Waals surface area (Å²) in [5.41, 5.74) is 2.87. The second-order valence-electron chi connectivity index (χ2n) is 5.43. The molecule has 6 heteroatoms. The number of hydrogen-bond donors (Lipinski definition) is 0. The second-order valence-corrected chi connectivity index (χ2v) is 6.78. The molecule has 0 radical (unpaired) electrons. The van der Waals surface area contributed by atoms with E-state index in [9.17, 15) is 9.59 Å². The zero-order valence-corrected chi connectivity index (χ0v) is 14.4. The molecule has 0 bridgehead atoms. The summed E-state index contributed by atoms with van der Waals surface area (Å²) in [7, 11) is 1.73. The summed E-state index contributed by atoms with van der Waals surface area (Å²) in [5.74, 6) is -0.135. The van der Waals surface area contributed by atoms with E-state index in [0.29, 0.717) is 21.2 Å². The first-order valence-corrected chi connectivity index (χ1v) is 8.55. The maximum atomic E-state index is 12.7. The Morgan fingerprint density at radius 1 is 0.958 bits per heavy atom. The zero-order valence-electron chi connectivity index (χ0n) is 12.7. The van der Waals surface area contributed by atoms with E-state index in [1.165, 1.54) is 4.90 Å². The van der Waals surface area contributed by atoms with Crippen molar-refractivity contribution in [2.75, 3.05) is 16.8 Å². The van der Waals surface area contributed by atoms with Crippen LogP contribution in [0.15, 0.2) is 59.5 Å². The average Bonchev–Trinajstić information content (AvgIpc) is 3.03. The van der Waals surface area contributed by atoms with Gasteiger partial charge in [-0.25, -0.2) is 0 Å². The Morgan fingerprint density at radius 3 is 2.38 bits per heavy atom. The lowest BCUT2D eigenvalue weighted by molar-refractivity contribution is -0.112. The summed E-state index contributed by atoms with van der Waals surface area (Å²) in [6.45, 7) is 0. The minimum Gasteiger partial charge on any atom is -0.311 e. The fraction of sp³-hybridized carbons (Fsp3) is 0.0556. The van der Waals surface area contributed by atoms with Gasteiger partial charge in [-0.1, -0.05) is 48.6 Å². The quantitative estimate of drug-likeness (QED) is 0.573. The number of hydrogen-bond acceptors (Lipinski definition) is 4. The van der Waals surface area contributed by atoms with E-state index in [-0.39, 0.29) is 11.1 Å². The maximum absolute atomic E-state index is 12.7. The lowest BCUT2D eigenvalue weighted by atomic mass is 10.1. The van der Waals surface area contributed by atoms with Gasteiger partial charge in [0, 0.05) is 12.6 Å². The van der Waals surface area contributed by atoms with Crippen molar-refractivity contribution in [3.05, 3.63) is 65.1 Å². The fourth-order valence-electron chi connectivity index (χ4n) is 2.91. The van der Waals surface area contributed by atoms with Crippen molar-refractivity contribution in [1.29, 1.82) is 0 Å². The highest BCUT2D eigenvalue weighted by molar-refractivity contribution is 8.20. The van der Waals surface area contributed by atoms with Crippen molar-refractivity contribution in [2.24, 2.45) is 0 Å². The van der Waals surface area contributed by atoms with Gasteiger partial charge in [0.1, 0.15) is 4.99 Å². The van der Waals surface area contributed by atoms with Crippen LogP contribution in [0, 0.1) is 0 Å². The first kappa shape index (κ1) is 15.1. The van der Waals surface area contributed by atoms with Crippen LogP contribution in [0.25, 0.3) is 5.57 Å². The van der Waals surface area contributed by atoms with E-state index in [1.54, 1.807) is 11.9 Å². The number of para-hydroxylation sites is 2. The van der Waals surface area contributed by atoms with Crippen LogP contribution < -0.4 is 9.80 Å². The Kier molecular flexibility index (Phi) is 3.51. The largest absolute Gasteiger partial charge is 0.311 e. The van der Waals surface area contributed by atoms with Crippen LogP contribution in [-0.2, 0) is 4.79 Å². The molecule has 118 valence electrons. The average molecular weight is 352 g/mol. The molecule has 2 aromatic rings. The number of thioether (sulfide) groups is 1. The van der Waals surface area contributed by atoms with Crippen molar-refractivity contribution < 1.29 is 9.59 Å². The van der Waals surface area contributed by atoms with E-state index in [1.807, 2.05) is 54.6 Å².